The molecule has 1 aliphatic heterocycles. The van der Waals surface area contributed by atoms with Gasteiger partial charge in [-0.25, -0.2) is 4.68 Å². The third-order valence-corrected chi connectivity index (χ3v) is 4.46. The van der Waals surface area contributed by atoms with E-state index in [-0.39, 0.29) is 12.0 Å². The quantitative estimate of drug-likeness (QED) is 0.721. The summed E-state index contributed by atoms with van der Waals surface area (Å²) in [7, 11) is 1.66. The summed E-state index contributed by atoms with van der Waals surface area (Å²) >= 11 is 0. The molecule has 7 heteroatoms. The van der Waals surface area contributed by atoms with Crippen molar-refractivity contribution < 1.29 is 9.53 Å². The molecule has 132 valence electrons. The number of carbonyl (C=O) groups is 1. The molecule has 0 aliphatic carbocycles. The maximum absolute atomic E-state index is 12.7. The molecule has 4 rings (SSSR count). The molecule has 1 amide bonds. The van der Waals surface area contributed by atoms with Gasteiger partial charge in [-0.2, -0.15) is 5.10 Å². The average molecular weight is 349 g/mol. The molecular weight excluding hydrogens is 330 g/mol. The van der Waals surface area contributed by atoms with Gasteiger partial charge in [-0.15, -0.1) is 0 Å². The Labute approximate surface area is 151 Å². The smallest absolute Gasteiger partial charge is 0.274 e. The molecule has 0 spiro atoms. The second kappa shape index (κ2) is 6.68. The first-order chi connectivity index (χ1) is 12.7. The summed E-state index contributed by atoms with van der Waals surface area (Å²) in [5, 5.41) is 4.54. The fraction of sp³-hybridized carbons (Fsp3) is 0.263. The number of carbonyl (C=O) groups excluding carboxylic acids is 1. The van der Waals surface area contributed by atoms with Crippen molar-refractivity contribution in [2.24, 2.45) is 0 Å². The van der Waals surface area contributed by atoms with Gasteiger partial charge in [-0.05, 0) is 36.8 Å². The number of pyridine rings is 2. The van der Waals surface area contributed by atoms with E-state index in [2.05, 4.69) is 15.1 Å². The number of hydrogen-bond donors (Lipinski definition) is 0. The minimum absolute atomic E-state index is 0.102. The molecule has 0 radical (unpaired) electrons. The van der Waals surface area contributed by atoms with E-state index in [0.717, 1.165) is 22.6 Å². The van der Waals surface area contributed by atoms with E-state index in [4.69, 9.17) is 4.74 Å². The van der Waals surface area contributed by atoms with E-state index in [1.54, 1.807) is 41.3 Å². The zero-order valence-electron chi connectivity index (χ0n) is 14.7. The molecule has 1 saturated heterocycles. The normalized spacial score (nSPS) is 14.3. The van der Waals surface area contributed by atoms with E-state index in [0.29, 0.717) is 18.8 Å². The van der Waals surface area contributed by atoms with Crippen LogP contribution in [0.4, 0.5) is 0 Å². The van der Waals surface area contributed by atoms with Crippen molar-refractivity contribution in [3.05, 3.63) is 60.2 Å². The van der Waals surface area contributed by atoms with Crippen LogP contribution in [0.15, 0.2) is 48.9 Å². The summed E-state index contributed by atoms with van der Waals surface area (Å²) in [5.74, 6) is -0.102. The summed E-state index contributed by atoms with van der Waals surface area (Å²) in [5.41, 5.74) is 3.75. The zero-order valence-corrected chi connectivity index (χ0v) is 14.7. The van der Waals surface area contributed by atoms with Crippen LogP contribution >= 0.6 is 0 Å². The van der Waals surface area contributed by atoms with Crippen LogP contribution in [-0.4, -0.2) is 56.9 Å². The number of amides is 1. The molecule has 4 heterocycles. The highest BCUT2D eigenvalue weighted by Crippen LogP contribution is 2.24. The molecule has 1 aliphatic rings. The van der Waals surface area contributed by atoms with E-state index in [9.17, 15) is 4.79 Å². The first kappa shape index (κ1) is 16.4. The van der Waals surface area contributed by atoms with Crippen LogP contribution in [0.25, 0.3) is 17.1 Å². The van der Waals surface area contributed by atoms with Gasteiger partial charge in [0.1, 0.15) is 0 Å². The molecule has 3 aromatic heterocycles. The predicted octanol–water partition coefficient (Wildman–Crippen LogP) is 2.11. The summed E-state index contributed by atoms with van der Waals surface area (Å²) < 4.78 is 6.96. The second-order valence-corrected chi connectivity index (χ2v) is 6.33. The Hall–Kier alpha value is -3.06. The highest BCUT2D eigenvalue weighted by Gasteiger charge is 2.33. The van der Waals surface area contributed by atoms with Gasteiger partial charge < -0.3 is 9.64 Å². The first-order valence-electron chi connectivity index (χ1n) is 8.41. The fourth-order valence-electron chi connectivity index (χ4n) is 2.88. The second-order valence-electron chi connectivity index (χ2n) is 6.33. The summed E-state index contributed by atoms with van der Waals surface area (Å²) in [4.78, 5) is 23.1. The Kier molecular flexibility index (Phi) is 4.22. The largest absolute Gasteiger partial charge is 0.378 e. The van der Waals surface area contributed by atoms with Gasteiger partial charge in [0.2, 0.25) is 0 Å². The van der Waals surface area contributed by atoms with Crippen molar-refractivity contribution in [1.82, 2.24) is 24.6 Å². The summed E-state index contributed by atoms with van der Waals surface area (Å²) in [6, 6.07) is 9.44. The molecule has 0 aromatic carbocycles. The molecule has 0 unspecified atom stereocenters. The Morgan fingerprint density at radius 2 is 2.08 bits per heavy atom. The highest BCUT2D eigenvalue weighted by molar-refractivity contribution is 5.94. The first-order valence-corrected chi connectivity index (χ1v) is 8.41. The lowest BCUT2D eigenvalue weighted by Crippen LogP contribution is -2.54. The summed E-state index contributed by atoms with van der Waals surface area (Å²) in [6.45, 7) is 3.17. The van der Waals surface area contributed by atoms with Crippen LogP contribution in [-0.2, 0) is 4.74 Å². The van der Waals surface area contributed by atoms with E-state index in [1.165, 1.54) is 0 Å². The van der Waals surface area contributed by atoms with Gasteiger partial charge in [-0.3, -0.25) is 14.8 Å². The molecule has 0 N–H and O–H groups in total. The predicted molar refractivity (Wildman–Crippen MR) is 96.0 cm³/mol. The number of hydrogen-bond acceptors (Lipinski definition) is 5. The van der Waals surface area contributed by atoms with E-state index in [1.807, 2.05) is 31.2 Å². The minimum Gasteiger partial charge on any atom is -0.378 e. The van der Waals surface area contributed by atoms with Gasteiger partial charge in [0.15, 0.2) is 5.69 Å². The van der Waals surface area contributed by atoms with Gasteiger partial charge in [0.05, 0.1) is 29.4 Å². The van der Waals surface area contributed by atoms with Crippen molar-refractivity contribution in [3.8, 4) is 17.1 Å². The highest BCUT2D eigenvalue weighted by atomic mass is 16.5. The molecule has 0 bridgehead atoms. The standard InChI is InChI=1S/C19H19N5O2/c1-13-5-6-16(21-9-13)18-8-17(19(25)23-11-15(12-23)26-2)22-24(18)14-4-3-7-20-10-14/h3-10,15H,11-12H2,1-2H3. The van der Waals surface area contributed by atoms with Crippen LogP contribution in [0, 0.1) is 6.92 Å². The van der Waals surface area contributed by atoms with Crippen molar-refractivity contribution in [2.45, 2.75) is 13.0 Å². The Morgan fingerprint density at radius 1 is 1.23 bits per heavy atom. The van der Waals surface area contributed by atoms with Crippen LogP contribution in [0.5, 0.6) is 0 Å². The van der Waals surface area contributed by atoms with Crippen molar-refractivity contribution >= 4 is 5.91 Å². The zero-order chi connectivity index (χ0) is 18.1. The Morgan fingerprint density at radius 3 is 2.73 bits per heavy atom. The minimum atomic E-state index is -0.102. The average Bonchev–Trinajstić information content (AvgIpc) is 3.07. The monoisotopic (exact) mass is 349 g/mol. The van der Waals surface area contributed by atoms with E-state index >= 15 is 0 Å². The lowest BCUT2D eigenvalue weighted by atomic mass is 10.1. The van der Waals surface area contributed by atoms with Crippen molar-refractivity contribution in [3.63, 3.8) is 0 Å². The maximum atomic E-state index is 12.7. The number of aromatic nitrogens is 4. The molecule has 0 atom stereocenters. The molecule has 1 fully saturated rings. The Bertz CT molecular complexity index is 915. The number of rotatable bonds is 4. The van der Waals surface area contributed by atoms with Crippen LogP contribution in [0.3, 0.4) is 0 Å². The topological polar surface area (TPSA) is 73.1 Å². The molecule has 7 nitrogen and oxygen atoms in total. The van der Waals surface area contributed by atoms with Crippen molar-refractivity contribution in [1.29, 1.82) is 0 Å². The lowest BCUT2D eigenvalue weighted by Gasteiger charge is -2.37. The van der Waals surface area contributed by atoms with Gasteiger partial charge >= 0.3 is 0 Å². The SMILES string of the molecule is COC1CN(C(=O)c2cc(-c3ccc(C)cn3)n(-c3cccnc3)n2)C1. The Balaban J connectivity index is 1.73. The molecule has 26 heavy (non-hydrogen) atoms. The third-order valence-electron chi connectivity index (χ3n) is 4.46. The van der Waals surface area contributed by atoms with Crippen LogP contribution in [0.1, 0.15) is 16.1 Å². The number of methoxy groups -OCH3 is 1. The number of nitrogens with zero attached hydrogens (tertiary/aromatic N) is 5. The van der Waals surface area contributed by atoms with Crippen LogP contribution < -0.4 is 0 Å². The van der Waals surface area contributed by atoms with Crippen molar-refractivity contribution in [2.75, 3.05) is 20.2 Å². The number of ether oxygens (including phenoxy) is 1. The van der Waals surface area contributed by atoms with E-state index < -0.39 is 0 Å². The number of aryl methyl sites for hydroxylation is 1. The third kappa shape index (κ3) is 2.97. The fourth-order valence-corrected chi connectivity index (χ4v) is 2.88. The van der Waals surface area contributed by atoms with Gasteiger partial charge in [0, 0.05) is 32.6 Å². The van der Waals surface area contributed by atoms with Crippen LogP contribution in [0.2, 0.25) is 0 Å². The lowest BCUT2D eigenvalue weighted by molar-refractivity contribution is -0.0194. The molecule has 3 aromatic rings. The number of likely N-dealkylation sites (tertiary alicyclic amines) is 1. The molecule has 0 saturated carbocycles. The van der Waals surface area contributed by atoms with Gasteiger partial charge in [-0.1, -0.05) is 6.07 Å². The summed E-state index contributed by atoms with van der Waals surface area (Å²) in [6.07, 6.45) is 5.32. The van der Waals surface area contributed by atoms with Gasteiger partial charge in [0.25, 0.3) is 5.91 Å². The molecular formula is C19H19N5O2. The maximum Gasteiger partial charge on any atom is 0.274 e.